The molecule has 8 heteroatoms. The molecular formula is C19H16N2O5S. The third-order valence-corrected chi connectivity index (χ3v) is 4.33. The minimum absolute atomic E-state index is 0.0204. The first-order chi connectivity index (χ1) is 13.0. The minimum atomic E-state index is -0.552. The van der Waals surface area contributed by atoms with Crippen LogP contribution in [0.3, 0.4) is 0 Å². The topological polar surface area (TPSA) is 98.5 Å². The summed E-state index contributed by atoms with van der Waals surface area (Å²) in [7, 11) is 0. The number of fused-ring (bicyclic) bond motifs is 1. The van der Waals surface area contributed by atoms with Crippen molar-refractivity contribution in [3.63, 3.8) is 0 Å². The summed E-state index contributed by atoms with van der Waals surface area (Å²) in [6.45, 7) is 1.06. The summed E-state index contributed by atoms with van der Waals surface area (Å²) in [4.78, 5) is 39.1. The van der Waals surface area contributed by atoms with Crippen LogP contribution in [0, 0.1) is 0 Å². The number of para-hydroxylation sites is 2. The molecular weight excluding hydrogens is 368 g/mol. The maximum Gasteiger partial charge on any atom is 0.316 e. The number of thioether (sulfide) groups is 1. The van der Waals surface area contributed by atoms with Crippen LogP contribution in [0.25, 0.3) is 11.1 Å². The predicted octanol–water partition coefficient (Wildman–Crippen LogP) is 3.30. The molecule has 1 N–H and O–H groups in total. The maximum absolute atomic E-state index is 11.8. The number of amides is 1. The van der Waals surface area contributed by atoms with Crippen LogP contribution >= 0.6 is 11.8 Å². The van der Waals surface area contributed by atoms with Crippen molar-refractivity contribution in [1.29, 1.82) is 0 Å². The number of ketones is 1. The fraction of sp³-hybridized carbons (Fsp3) is 0.158. The Morgan fingerprint density at radius 2 is 1.85 bits per heavy atom. The van der Waals surface area contributed by atoms with Gasteiger partial charge in [-0.1, -0.05) is 23.9 Å². The Bertz CT molecular complexity index is 948. The number of oxazole rings is 1. The molecule has 7 nitrogen and oxygen atoms in total. The molecule has 0 radical (unpaired) electrons. The first-order valence-electron chi connectivity index (χ1n) is 8.06. The number of rotatable bonds is 7. The van der Waals surface area contributed by atoms with Crippen molar-refractivity contribution in [3.05, 3.63) is 54.1 Å². The van der Waals surface area contributed by atoms with Gasteiger partial charge in [-0.2, -0.15) is 0 Å². The van der Waals surface area contributed by atoms with Crippen LogP contribution in [-0.4, -0.2) is 35.0 Å². The third kappa shape index (κ3) is 5.18. The number of Topliss-reactive ketones (excluding diaryl/α,β-unsaturated/α-hetero) is 1. The second-order valence-corrected chi connectivity index (χ2v) is 6.51. The highest BCUT2D eigenvalue weighted by Gasteiger charge is 2.12. The summed E-state index contributed by atoms with van der Waals surface area (Å²) in [6.07, 6.45) is 0. The number of nitrogens with one attached hydrogen (secondary N) is 1. The first-order valence-corrected chi connectivity index (χ1v) is 9.04. The molecule has 0 aliphatic rings. The van der Waals surface area contributed by atoms with Crippen LogP contribution in [-0.2, 0) is 14.3 Å². The van der Waals surface area contributed by atoms with E-state index in [0.717, 1.165) is 11.8 Å². The monoisotopic (exact) mass is 384 g/mol. The molecule has 1 amide bonds. The lowest BCUT2D eigenvalue weighted by Crippen LogP contribution is -2.21. The van der Waals surface area contributed by atoms with Gasteiger partial charge in [0.25, 0.3) is 11.1 Å². The lowest BCUT2D eigenvalue weighted by atomic mass is 10.1. The smallest absolute Gasteiger partial charge is 0.316 e. The normalized spacial score (nSPS) is 10.6. The zero-order valence-electron chi connectivity index (χ0n) is 14.4. The summed E-state index contributed by atoms with van der Waals surface area (Å²) in [5.74, 6) is -1.10. The van der Waals surface area contributed by atoms with Crippen LogP contribution in [0.5, 0.6) is 0 Å². The fourth-order valence-electron chi connectivity index (χ4n) is 2.21. The quantitative estimate of drug-likeness (QED) is 0.379. The van der Waals surface area contributed by atoms with Gasteiger partial charge in [-0.3, -0.25) is 14.4 Å². The van der Waals surface area contributed by atoms with E-state index >= 15 is 0 Å². The average Bonchev–Trinajstić information content (AvgIpc) is 3.08. The molecule has 0 saturated carbocycles. The number of esters is 1. The molecule has 2 aromatic carbocycles. The van der Waals surface area contributed by atoms with Gasteiger partial charge in [0.05, 0.1) is 0 Å². The number of ether oxygens (including phenoxy) is 1. The standard InChI is InChI=1S/C19H16N2O5S/c1-12(22)13-6-8-14(9-7-13)20-17(23)10-25-18(24)11-27-19-21-15-4-2-3-5-16(15)26-19/h2-9H,10-11H2,1H3,(H,20,23). The van der Waals surface area contributed by atoms with Gasteiger partial charge in [-0.15, -0.1) is 0 Å². The second-order valence-electron chi connectivity index (χ2n) is 5.58. The Hall–Kier alpha value is -3.13. The summed E-state index contributed by atoms with van der Waals surface area (Å²) >= 11 is 1.10. The largest absolute Gasteiger partial charge is 0.455 e. The van der Waals surface area contributed by atoms with Crippen molar-refractivity contribution in [2.75, 3.05) is 17.7 Å². The Morgan fingerprint density at radius 3 is 2.56 bits per heavy atom. The summed E-state index contributed by atoms with van der Waals surface area (Å²) < 4.78 is 10.4. The number of anilines is 1. The average molecular weight is 384 g/mol. The van der Waals surface area contributed by atoms with Crippen LogP contribution < -0.4 is 5.32 Å². The molecule has 0 spiro atoms. The van der Waals surface area contributed by atoms with Gasteiger partial charge in [0.15, 0.2) is 18.0 Å². The fourth-order valence-corrected chi connectivity index (χ4v) is 2.84. The minimum Gasteiger partial charge on any atom is -0.455 e. The second kappa shape index (κ2) is 8.50. The van der Waals surface area contributed by atoms with Crippen molar-refractivity contribution < 1.29 is 23.5 Å². The number of aromatic nitrogens is 1. The number of hydrogen-bond acceptors (Lipinski definition) is 7. The molecule has 27 heavy (non-hydrogen) atoms. The van der Waals surface area contributed by atoms with Crippen molar-refractivity contribution in [3.8, 4) is 0 Å². The van der Waals surface area contributed by atoms with E-state index in [1.165, 1.54) is 6.92 Å². The molecule has 3 rings (SSSR count). The molecule has 0 atom stereocenters. The Labute approximate surface area is 159 Å². The maximum atomic E-state index is 11.8. The third-order valence-electron chi connectivity index (χ3n) is 3.53. The highest BCUT2D eigenvalue weighted by molar-refractivity contribution is 7.99. The number of nitrogens with zero attached hydrogens (tertiary/aromatic N) is 1. The number of hydrogen-bond donors (Lipinski definition) is 1. The van der Waals surface area contributed by atoms with Gasteiger partial charge in [0.2, 0.25) is 0 Å². The number of carbonyl (C=O) groups is 3. The van der Waals surface area contributed by atoms with E-state index in [-0.39, 0.29) is 11.5 Å². The van der Waals surface area contributed by atoms with E-state index in [4.69, 9.17) is 9.15 Å². The molecule has 138 valence electrons. The molecule has 0 unspecified atom stereocenters. The molecule has 0 aliphatic heterocycles. The van der Waals surface area contributed by atoms with Crippen molar-refractivity contribution in [2.45, 2.75) is 12.1 Å². The Balaban J connectivity index is 1.42. The lowest BCUT2D eigenvalue weighted by molar-refractivity contribution is -0.144. The van der Waals surface area contributed by atoms with Crippen molar-refractivity contribution in [1.82, 2.24) is 4.98 Å². The van der Waals surface area contributed by atoms with Gasteiger partial charge in [0, 0.05) is 11.3 Å². The van der Waals surface area contributed by atoms with E-state index in [1.54, 1.807) is 30.3 Å². The van der Waals surface area contributed by atoms with Gasteiger partial charge in [0.1, 0.15) is 11.3 Å². The van der Waals surface area contributed by atoms with Crippen molar-refractivity contribution in [2.24, 2.45) is 0 Å². The molecule has 0 aliphatic carbocycles. The molecule has 3 aromatic rings. The van der Waals surface area contributed by atoms with Gasteiger partial charge in [-0.25, -0.2) is 4.98 Å². The summed E-state index contributed by atoms with van der Waals surface area (Å²) in [5, 5.41) is 2.95. The lowest BCUT2D eigenvalue weighted by Gasteiger charge is -2.06. The number of benzene rings is 2. The predicted molar refractivity (Wildman–Crippen MR) is 101 cm³/mol. The van der Waals surface area contributed by atoms with Crippen LogP contribution in [0.15, 0.2) is 58.2 Å². The molecule has 0 bridgehead atoms. The molecule has 1 heterocycles. The van der Waals surface area contributed by atoms with E-state index in [9.17, 15) is 14.4 Å². The Kier molecular flexibility index (Phi) is 5.87. The zero-order valence-corrected chi connectivity index (χ0v) is 15.2. The molecule has 0 fully saturated rings. The van der Waals surface area contributed by atoms with Gasteiger partial charge >= 0.3 is 5.97 Å². The SMILES string of the molecule is CC(=O)c1ccc(NC(=O)COC(=O)CSc2nc3ccccc3o2)cc1. The van der Waals surface area contributed by atoms with Gasteiger partial charge in [-0.05, 0) is 43.3 Å². The Morgan fingerprint density at radius 1 is 1.11 bits per heavy atom. The van der Waals surface area contributed by atoms with E-state index < -0.39 is 18.5 Å². The highest BCUT2D eigenvalue weighted by atomic mass is 32.2. The highest BCUT2D eigenvalue weighted by Crippen LogP contribution is 2.23. The van der Waals surface area contributed by atoms with E-state index in [0.29, 0.717) is 27.6 Å². The van der Waals surface area contributed by atoms with Crippen molar-refractivity contribution >= 4 is 46.2 Å². The molecule has 0 saturated heterocycles. The van der Waals surface area contributed by atoms with Crippen LogP contribution in [0.4, 0.5) is 5.69 Å². The van der Waals surface area contributed by atoms with Crippen LogP contribution in [0.2, 0.25) is 0 Å². The summed E-state index contributed by atoms with van der Waals surface area (Å²) in [6, 6.07) is 13.7. The summed E-state index contributed by atoms with van der Waals surface area (Å²) in [5.41, 5.74) is 2.42. The van der Waals surface area contributed by atoms with E-state index in [1.807, 2.05) is 18.2 Å². The first kappa shape index (κ1) is 18.7. The molecule has 1 aromatic heterocycles. The van der Waals surface area contributed by atoms with Crippen LogP contribution in [0.1, 0.15) is 17.3 Å². The number of carbonyl (C=O) groups excluding carboxylic acids is 3. The zero-order chi connectivity index (χ0) is 19.2. The van der Waals surface area contributed by atoms with Gasteiger partial charge < -0.3 is 14.5 Å². The van der Waals surface area contributed by atoms with E-state index in [2.05, 4.69) is 10.3 Å².